The second kappa shape index (κ2) is 23.3. The monoisotopic (exact) mass is 228 g/mol. The molecule has 0 heterocycles. The van der Waals surface area contributed by atoms with Crippen LogP contribution in [0.15, 0.2) is 0 Å². The molecule has 0 bridgehead atoms. The van der Waals surface area contributed by atoms with Gasteiger partial charge in [0.1, 0.15) is 0 Å². The molecular weight excluding hydrogens is 224 g/mol. The summed E-state index contributed by atoms with van der Waals surface area (Å²) >= 11 is 0.125. The Hall–Kier alpha value is 1.60. The van der Waals surface area contributed by atoms with Crippen LogP contribution in [0.1, 0.15) is 0 Å². The maximum Gasteiger partial charge on any atom is 0 e. The fourth-order valence-corrected chi connectivity index (χ4v) is 0. The average molecular weight is 229 g/mol. The molecule has 0 aliphatic rings. The summed E-state index contributed by atoms with van der Waals surface area (Å²) in [4.78, 5) is 0. The summed E-state index contributed by atoms with van der Waals surface area (Å²) in [6.07, 6.45) is 0. The van der Waals surface area contributed by atoms with Crippen LogP contribution in [0.2, 0.25) is 0 Å². The average Bonchev–Trinajstić information content (AvgIpc) is 1.00. The first-order chi connectivity index (χ1) is 1.00. The van der Waals surface area contributed by atoms with Gasteiger partial charge in [-0.05, 0) is 0 Å². The number of rotatable bonds is 0. The molecule has 0 aromatic rings. The first-order valence-corrected chi connectivity index (χ1v) is 1.50. The van der Waals surface area contributed by atoms with Crippen LogP contribution in [0.5, 0.6) is 0 Å². The van der Waals surface area contributed by atoms with Gasteiger partial charge < -0.3 is 0 Å². The van der Waals surface area contributed by atoms with E-state index < -0.39 is 0 Å². The summed E-state index contributed by atoms with van der Waals surface area (Å²) < 4.78 is 8.38. The Labute approximate surface area is 59.2 Å². The molecule has 0 saturated carbocycles. The summed E-state index contributed by atoms with van der Waals surface area (Å²) in [5, 5.41) is 0. The van der Waals surface area contributed by atoms with Crippen molar-refractivity contribution in [3.8, 4) is 0 Å². The van der Waals surface area contributed by atoms with Crippen LogP contribution in [0.3, 0.4) is 0 Å². The second-order valence-electron chi connectivity index (χ2n) is 0. The van der Waals surface area contributed by atoms with Gasteiger partial charge in [0, 0.05) is 19.5 Å². The molecule has 0 fully saturated rings. The molecule has 4 heavy (non-hydrogen) atoms. The molecule has 0 N–H and O–H groups in total. The second-order valence-corrected chi connectivity index (χ2v) is 0. The molecule has 0 radical (unpaired) electrons. The van der Waals surface area contributed by atoms with Gasteiger partial charge in [-0.25, -0.2) is 0 Å². The largest absolute Gasteiger partial charge is 0 e. The van der Waals surface area contributed by atoms with E-state index >= 15 is 0 Å². The Morgan fingerprint density at radius 1 is 1.25 bits per heavy atom. The topological polar surface area (TPSA) is 17.1 Å². The predicted octanol–water partition coefficient (Wildman–Crippen LogP) is -2.22. The van der Waals surface area contributed by atoms with Gasteiger partial charge in [-0.3, -0.25) is 0 Å². The van der Waals surface area contributed by atoms with E-state index in [4.69, 9.17) is 3.78 Å². The first kappa shape index (κ1) is 17.5. The molecule has 0 rings (SSSR count). The van der Waals surface area contributed by atoms with E-state index in [2.05, 4.69) is 0 Å². The summed E-state index contributed by atoms with van der Waals surface area (Å²) in [5.74, 6) is 0. The zero-order valence-corrected chi connectivity index (χ0v) is 7.76. The third kappa shape index (κ3) is 9.50. The van der Waals surface area contributed by atoms with Crippen LogP contribution >= 0.6 is 0 Å². The van der Waals surface area contributed by atoms with Gasteiger partial charge in [0.2, 0.25) is 0 Å². The first-order valence-electron chi connectivity index (χ1n) is 0.289. The van der Waals surface area contributed by atoms with Crippen molar-refractivity contribution in [2.45, 2.75) is 0 Å². The van der Waals surface area contributed by atoms with E-state index in [1.807, 2.05) is 0 Å². The minimum atomic E-state index is 0. The number of hydrogen-bond acceptors (Lipinski definition) is 1. The molecule has 0 atom stereocenters. The Kier molecular flexibility index (Phi) is 102. The molecule has 0 aromatic heterocycles. The van der Waals surface area contributed by atoms with Crippen molar-refractivity contribution in [1.82, 2.24) is 0 Å². The smallest absolute Gasteiger partial charge is 0 e. The van der Waals surface area contributed by atoms with Crippen molar-refractivity contribution in [2.24, 2.45) is 0 Å². The fourth-order valence-electron chi connectivity index (χ4n) is 0. The summed E-state index contributed by atoms with van der Waals surface area (Å²) in [6, 6.07) is 0. The standard InChI is InChI=1S/Ga.GeH2O.Zn.3H/c;1-2;;;;/h;1H2;;;;. The summed E-state index contributed by atoms with van der Waals surface area (Å²) in [5.41, 5.74) is 0. The van der Waals surface area contributed by atoms with Crippen molar-refractivity contribution in [3.63, 3.8) is 0 Å². The zero-order valence-electron chi connectivity index (χ0n) is 1.82. The van der Waals surface area contributed by atoms with E-state index in [9.17, 15) is 0 Å². The van der Waals surface area contributed by atoms with E-state index in [0.717, 1.165) is 0 Å². The number of hydrogen-bond donors (Lipinski definition) is 0. The Balaban J connectivity index is -0.00000000500. The van der Waals surface area contributed by atoms with Crippen LogP contribution < -0.4 is 0 Å². The van der Waals surface area contributed by atoms with Crippen molar-refractivity contribution in [1.29, 1.82) is 0 Å². The molecule has 0 saturated heterocycles. The van der Waals surface area contributed by atoms with Gasteiger partial charge in [-0.15, -0.1) is 0 Å². The molecule has 0 spiro atoms. The Bertz CT molecular complexity index is 8.00. The molecule has 0 unspecified atom stereocenters. The fraction of sp³-hybridized carbons (Fsp3) is 0. The predicted molar refractivity (Wildman–Crippen MR) is 19.2 cm³/mol. The summed E-state index contributed by atoms with van der Waals surface area (Å²) in [7, 11) is 0. The normalized spacial score (nSPS) is 1.00. The van der Waals surface area contributed by atoms with Gasteiger partial charge in [0.25, 0.3) is 0 Å². The Morgan fingerprint density at radius 2 is 1.25 bits per heavy atom. The summed E-state index contributed by atoms with van der Waals surface area (Å²) in [6.45, 7) is 0. The van der Waals surface area contributed by atoms with Crippen molar-refractivity contribution >= 4 is 36.2 Å². The van der Waals surface area contributed by atoms with Crippen LogP contribution in [0.25, 0.3) is 0 Å². The maximum absolute atomic E-state index is 8.38. The maximum atomic E-state index is 8.38. The zero-order chi connectivity index (χ0) is 2.00. The van der Waals surface area contributed by atoms with E-state index in [1.54, 1.807) is 0 Å². The molecule has 20 valence electrons. The van der Waals surface area contributed by atoms with E-state index in [-0.39, 0.29) is 55.7 Å². The molecular formula is H5GaGeOZn. The van der Waals surface area contributed by atoms with Crippen molar-refractivity contribution < 1.29 is 23.3 Å². The SMILES string of the molecule is [GaH3].[O]=[GeH2].[Zn]. The van der Waals surface area contributed by atoms with Gasteiger partial charge in [-0.2, -0.15) is 0 Å². The van der Waals surface area contributed by atoms with Crippen LogP contribution in [-0.2, 0) is 23.3 Å². The van der Waals surface area contributed by atoms with Crippen molar-refractivity contribution in [2.75, 3.05) is 0 Å². The molecule has 0 aromatic carbocycles. The molecule has 0 aliphatic carbocycles. The molecule has 1 nitrogen and oxygen atoms in total. The van der Waals surface area contributed by atoms with Gasteiger partial charge >= 0.3 is 40.0 Å². The van der Waals surface area contributed by atoms with E-state index in [1.165, 1.54) is 0 Å². The van der Waals surface area contributed by atoms with Crippen molar-refractivity contribution in [3.05, 3.63) is 0 Å². The van der Waals surface area contributed by atoms with Gasteiger partial charge in [-0.1, -0.05) is 0 Å². The quantitative estimate of drug-likeness (QED) is 0.430. The van der Waals surface area contributed by atoms with Gasteiger partial charge in [0.05, 0.1) is 0 Å². The third-order valence-electron chi connectivity index (χ3n) is 0. The van der Waals surface area contributed by atoms with Crippen LogP contribution in [0.4, 0.5) is 0 Å². The Morgan fingerprint density at radius 3 is 1.25 bits per heavy atom. The van der Waals surface area contributed by atoms with Gasteiger partial charge in [0.15, 0.2) is 0 Å². The van der Waals surface area contributed by atoms with Crippen LogP contribution in [-0.4, -0.2) is 36.2 Å². The van der Waals surface area contributed by atoms with E-state index in [0.29, 0.717) is 0 Å². The van der Waals surface area contributed by atoms with Crippen LogP contribution in [0, 0.1) is 0 Å². The molecule has 0 aliphatic heterocycles. The minimum Gasteiger partial charge on any atom is 0 e. The molecule has 4 heteroatoms. The third-order valence-corrected chi connectivity index (χ3v) is 0. The molecule has 0 amide bonds. The minimum absolute atomic E-state index is 0.